The summed E-state index contributed by atoms with van der Waals surface area (Å²) < 4.78 is 7.01. The first-order valence-electron chi connectivity index (χ1n) is 11.8. The molecule has 0 bridgehead atoms. The molecular formula is C32H24O. The molecule has 1 heteroatoms. The lowest BCUT2D eigenvalue weighted by molar-refractivity contribution is 0.110. The molecule has 3 aliphatic rings. The molecule has 0 N–H and O–H groups in total. The van der Waals surface area contributed by atoms with Crippen molar-refractivity contribution in [3.05, 3.63) is 143 Å². The molecule has 0 spiro atoms. The summed E-state index contributed by atoms with van der Waals surface area (Å²) in [6.45, 7) is 0. The fourth-order valence-electron chi connectivity index (χ4n) is 6.14. The number of hydrogen-bond acceptors (Lipinski definition) is 1. The highest BCUT2D eigenvalue weighted by atomic mass is 16.5. The summed E-state index contributed by atoms with van der Waals surface area (Å²) in [4.78, 5) is 0. The van der Waals surface area contributed by atoms with Gasteiger partial charge >= 0.3 is 0 Å². The summed E-state index contributed by atoms with van der Waals surface area (Å²) >= 11 is 0. The maximum Gasteiger partial charge on any atom is 0.0915 e. The van der Waals surface area contributed by atoms with Crippen LogP contribution in [0.3, 0.4) is 0 Å². The maximum absolute atomic E-state index is 7.01. The minimum atomic E-state index is 0.0742. The summed E-state index contributed by atoms with van der Waals surface area (Å²) in [5.41, 5.74) is 10.6. The van der Waals surface area contributed by atoms with E-state index in [2.05, 4.69) is 121 Å². The van der Waals surface area contributed by atoms with E-state index in [-0.39, 0.29) is 12.2 Å². The molecule has 0 aromatic heterocycles. The Labute approximate surface area is 194 Å². The first-order valence-corrected chi connectivity index (χ1v) is 11.8. The van der Waals surface area contributed by atoms with Gasteiger partial charge in [0.25, 0.3) is 0 Å². The van der Waals surface area contributed by atoms with Gasteiger partial charge in [0.15, 0.2) is 0 Å². The van der Waals surface area contributed by atoms with Gasteiger partial charge in [-0.1, -0.05) is 109 Å². The van der Waals surface area contributed by atoms with E-state index in [0.29, 0.717) is 11.8 Å². The quantitative estimate of drug-likeness (QED) is 0.325. The van der Waals surface area contributed by atoms with Crippen LogP contribution in [-0.2, 0) is 4.74 Å². The first-order chi connectivity index (χ1) is 16.4. The van der Waals surface area contributed by atoms with Crippen LogP contribution >= 0.6 is 0 Å². The highest BCUT2D eigenvalue weighted by molar-refractivity contribution is 5.94. The van der Waals surface area contributed by atoms with Crippen LogP contribution < -0.4 is 0 Å². The van der Waals surface area contributed by atoms with Crippen LogP contribution in [0.1, 0.15) is 45.2 Å². The van der Waals surface area contributed by atoms with Crippen molar-refractivity contribution < 1.29 is 4.74 Å². The topological polar surface area (TPSA) is 9.23 Å². The summed E-state index contributed by atoms with van der Waals surface area (Å²) in [5, 5.41) is 0. The molecule has 4 aromatic carbocycles. The van der Waals surface area contributed by atoms with E-state index in [1.807, 2.05) is 0 Å². The van der Waals surface area contributed by atoms with Gasteiger partial charge in [0.05, 0.1) is 12.2 Å². The van der Waals surface area contributed by atoms with Crippen LogP contribution in [0.2, 0.25) is 0 Å². The smallest absolute Gasteiger partial charge is 0.0915 e. The monoisotopic (exact) mass is 424 g/mol. The maximum atomic E-state index is 7.01. The number of fused-ring (bicyclic) bond motifs is 7. The Bertz CT molecular complexity index is 1290. The summed E-state index contributed by atoms with van der Waals surface area (Å²) in [6, 6.07) is 39.1. The zero-order chi connectivity index (χ0) is 21.8. The molecule has 4 unspecified atom stereocenters. The van der Waals surface area contributed by atoms with E-state index >= 15 is 0 Å². The summed E-state index contributed by atoms with van der Waals surface area (Å²) in [6.07, 6.45) is 4.81. The molecule has 1 heterocycles. The van der Waals surface area contributed by atoms with Crippen molar-refractivity contribution in [2.75, 3.05) is 0 Å². The third-order valence-corrected chi connectivity index (χ3v) is 7.45. The van der Waals surface area contributed by atoms with Crippen LogP contribution in [-0.4, -0.2) is 12.2 Å². The Kier molecular flexibility index (Phi) is 4.25. The number of ether oxygens (including phenoxy) is 1. The second-order valence-electron chi connectivity index (χ2n) is 9.22. The molecule has 4 atom stereocenters. The van der Waals surface area contributed by atoms with Gasteiger partial charge in [-0.15, -0.1) is 0 Å². The fraction of sp³-hybridized carbons (Fsp3) is 0.125. The molecule has 1 saturated heterocycles. The minimum Gasteiger partial charge on any atom is -0.364 e. The lowest BCUT2D eigenvalue weighted by atomic mass is 9.83. The zero-order valence-corrected chi connectivity index (χ0v) is 18.3. The molecule has 0 amide bonds. The van der Waals surface area contributed by atoms with E-state index in [4.69, 9.17) is 4.74 Å². The number of benzene rings is 4. The number of rotatable bonds is 2. The zero-order valence-electron chi connectivity index (χ0n) is 18.3. The molecule has 2 aliphatic carbocycles. The Morgan fingerprint density at radius 1 is 0.455 bits per heavy atom. The third-order valence-electron chi connectivity index (χ3n) is 7.45. The standard InChI is InChI=1S/C32H24O/c1-3-11-21(12-4-1)19-27-23-15-7-9-17-25(23)29-30-26-18-10-8-16-24(26)28(32(30)33-31(27)29)20-22-13-5-2-6-14-22/h1-20,29-32H. The van der Waals surface area contributed by atoms with Gasteiger partial charge in [-0.2, -0.15) is 0 Å². The van der Waals surface area contributed by atoms with E-state index in [1.54, 1.807) is 0 Å². The molecule has 33 heavy (non-hydrogen) atoms. The normalized spacial score (nSPS) is 26.8. The highest BCUT2D eigenvalue weighted by Crippen LogP contribution is 2.62. The van der Waals surface area contributed by atoms with Crippen LogP contribution in [0.25, 0.3) is 23.3 Å². The molecule has 1 fully saturated rings. The van der Waals surface area contributed by atoms with E-state index in [0.717, 1.165) is 0 Å². The van der Waals surface area contributed by atoms with Crippen LogP contribution in [0.5, 0.6) is 0 Å². The largest absolute Gasteiger partial charge is 0.364 e. The van der Waals surface area contributed by atoms with Crippen molar-refractivity contribution >= 4 is 23.3 Å². The van der Waals surface area contributed by atoms with Crippen LogP contribution in [0, 0.1) is 0 Å². The molecule has 0 radical (unpaired) electrons. The highest BCUT2D eigenvalue weighted by Gasteiger charge is 2.56. The van der Waals surface area contributed by atoms with Crippen molar-refractivity contribution in [1.82, 2.24) is 0 Å². The molecule has 4 aromatic rings. The minimum absolute atomic E-state index is 0.0742. The van der Waals surface area contributed by atoms with Gasteiger partial charge in [0, 0.05) is 11.8 Å². The van der Waals surface area contributed by atoms with Gasteiger partial charge in [-0.25, -0.2) is 0 Å². The molecule has 158 valence electrons. The molecule has 7 rings (SSSR count). The third kappa shape index (κ3) is 2.90. The van der Waals surface area contributed by atoms with E-state index in [9.17, 15) is 0 Å². The Hall–Kier alpha value is -3.68. The van der Waals surface area contributed by atoms with Crippen molar-refractivity contribution in [1.29, 1.82) is 0 Å². The average Bonchev–Trinajstić information content (AvgIpc) is 3.49. The lowest BCUT2D eigenvalue weighted by Gasteiger charge is -2.17. The second-order valence-corrected chi connectivity index (χ2v) is 9.22. The van der Waals surface area contributed by atoms with Crippen molar-refractivity contribution in [2.24, 2.45) is 0 Å². The molecule has 0 saturated carbocycles. The van der Waals surface area contributed by atoms with Gasteiger partial charge in [-0.3, -0.25) is 0 Å². The lowest BCUT2D eigenvalue weighted by Crippen LogP contribution is -2.12. The first kappa shape index (κ1) is 18.8. The van der Waals surface area contributed by atoms with Crippen molar-refractivity contribution in [3.63, 3.8) is 0 Å². The van der Waals surface area contributed by atoms with Crippen LogP contribution in [0.15, 0.2) is 109 Å². The summed E-state index contributed by atoms with van der Waals surface area (Å²) in [5.74, 6) is 0.674. The number of hydrogen-bond donors (Lipinski definition) is 0. The predicted molar refractivity (Wildman–Crippen MR) is 136 cm³/mol. The molecule has 1 aliphatic heterocycles. The Balaban J connectivity index is 1.40. The molecular weight excluding hydrogens is 400 g/mol. The Morgan fingerprint density at radius 3 is 1.30 bits per heavy atom. The molecule has 1 nitrogen and oxygen atoms in total. The van der Waals surface area contributed by atoms with Crippen molar-refractivity contribution in [3.8, 4) is 0 Å². The van der Waals surface area contributed by atoms with Gasteiger partial charge in [0.1, 0.15) is 0 Å². The SMILES string of the molecule is C(=C1c2ccccc2C2C1OC1C(=Cc3ccccc3)c3ccccc3C12)c1ccccc1. The average molecular weight is 425 g/mol. The van der Waals surface area contributed by atoms with Crippen LogP contribution in [0.4, 0.5) is 0 Å². The van der Waals surface area contributed by atoms with Gasteiger partial charge in [0.2, 0.25) is 0 Å². The summed E-state index contributed by atoms with van der Waals surface area (Å²) in [7, 11) is 0. The second kappa shape index (κ2) is 7.43. The predicted octanol–water partition coefficient (Wildman–Crippen LogP) is 7.43. The van der Waals surface area contributed by atoms with Crippen molar-refractivity contribution in [2.45, 2.75) is 24.0 Å². The van der Waals surface area contributed by atoms with Gasteiger partial charge < -0.3 is 4.74 Å². The van der Waals surface area contributed by atoms with E-state index in [1.165, 1.54) is 44.5 Å². The van der Waals surface area contributed by atoms with Gasteiger partial charge in [-0.05, 0) is 56.7 Å². The fourth-order valence-corrected chi connectivity index (χ4v) is 6.14. The van der Waals surface area contributed by atoms with E-state index < -0.39 is 0 Å². The Morgan fingerprint density at radius 2 is 0.848 bits per heavy atom.